The van der Waals surface area contributed by atoms with Crippen molar-refractivity contribution >= 4 is 47.8 Å². The van der Waals surface area contributed by atoms with E-state index in [1.54, 1.807) is 0 Å². The Hall–Kier alpha value is 0.460. The average Bonchev–Trinajstić information content (AvgIpc) is 2.13. The van der Waals surface area contributed by atoms with Gasteiger partial charge >= 0.3 is 0 Å². The van der Waals surface area contributed by atoms with E-state index in [2.05, 4.69) is 54.7 Å². The zero-order chi connectivity index (χ0) is 9.84. The maximum atomic E-state index is 5.52. The van der Waals surface area contributed by atoms with Crippen LogP contribution in [0.25, 0.3) is 0 Å². The Balaban J connectivity index is 2.90. The summed E-state index contributed by atoms with van der Waals surface area (Å²) in [6.07, 6.45) is 1.01. The quantitative estimate of drug-likeness (QED) is 0.695. The first-order valence-corrected chi connectivity index (χ1v) is 6.31. The molecule has 1 aromatic carbocycles. The Bertz CT molecular complexity index is 299. The molecule has 0 aliphatic heterocycles. The van der Waals surface area contributed by atoms with Crippen molar-refractivity contribution in [2.45, 2.75) is 13.3 Å². The third kappa shape index (κ3) is 2.96. The molecule has 0 aliphatic carbocycles. The number of hydrogen-bond acceptors (Lipinski definition) is 1. The molecule has 4 heteroatoms. The second-order valence-electron chi connectivity index (χ2n) is 2.52. The highest BCUT2D eigenvalue weighted by atomic mass is 79.9. The van der Waals surface area contributed by atoms with Gasteiger partial charge in [-0.25, -0.2) is 0 Å². The SMILES string of the molecule is CCCOc1ccc(Br)c(Br)c1Br. The lowest BCUT2D eigenvalue weighted by molar-refractivity contribution is 0.315. The molecular weight excluding hydrogens is 364 g/mol. The first-order valence-electron chi connectivity index (χ1n) is 3.93. The molecule has 0 saturated carbocycles. The van der Waals surface area contributed by atoms with Gasteiger partial charge in [-0.2, -0.15) is 0 Å². The van der Waals surface area contributed by atoms with Crippen LogP contribution in [0.5, 0.6) is 5.75 Å². The molecule has 0 radical (unpaired) electrons. The maximum absolute atomic E-state index is 5.52. The topological polar surface area (TPSA) is 9.23 Å². The van der Waals surface area contributed by atoms with Crippen LogP contribution >= 0.6 is 47.8 Å². The second kappa shape index (κ2) is 5.37. The molecule has 0 saturated heterocycles. The Morgan fingerprint density at radius 2 is 1.85 bits per heavy atom. The van der Waals surface area contributed by atoms with Gasteiger partial charge in [0.25, 0.3) is 0 Å². The van der Waals surface area contributed by atoms with E-state index in [1.807, 2.05) is 12.1 Å². The van der Waals surface area contributed by atoms with Gasteiger partial charge in [-0.1, -0.05) is 6.92 Å². The van der Waals surface area contributed by atoms with Crippen LogP contribution in [0.4, 0.5) is 0 Å². The van der Waals surface area contributed by atoms with Crippen LogP contribution in [0.15, 0.2) is 25.6 Å². The molecule has 0 N–H and O–H groups in total. The fourth-order valence-corrected chi connectivity index (χ4v) is 2.22. The highest BCUT2D eigenvalue weighted by Gasteiger charge is 2.07. The average molecular weight is 373 g/mol. The van der Waals surface area contributed by atoms with Gasteiger partial charge in [0, 0.05) is 8.95 Å². The second-order valence-corrected chi connectivity index (χ2v) is 4.96. The molecule has 0 aliphatic rings. The van der Waals surface area contributed by atoms with E-state index in [0.717, 1.165) is 32.2 Å². The molecule has 0 aromatic heterocycles. The van der Waals surface area contributed by atoms with Gasteiger partial charge in [0.1, 0.15) is 5.75 Å². The minimum atomic E-state index is 0.743. The van der Waals surface area contributed by atoms with Gasteiger partial charge in [-0.05, 0) is 66.3 Å². The molecule has 0 atom stereocenters. The minimum absolute atomic E-state index is 0.743. The van der Waals surface area contributed by atoms with Crippen molar-refractivity contribution in [3.8, 4) is 5.75 Å². The highest BCUT2D eigenvalue weighted by Crippen LogP contribution is 2.37. The van der Waals surface area contributed by atoms with Crippen molar-refractivity contribution in [3.63, 3.8) is 0 Å². The van der Waals surface area contributed by atoms with Crippen LogP contribution in [-0.4, -0.2) is 6.61 Å². The predicted molar refractivity (Wildman–Crippen MR) is 65.3 cm³/mol. The van der Waals surface area contributed by atoms with E-state index in [0.29, 0.717) is 0 Å². The molecule has 13 heavy (non-hydrogen) atoms. The van der Waals surface area contributed by atoms with Gasteiger partial charge < -0.3 is 4.74 Å². The number of rotatable bonds is 3. The summed E-state index contributed by atoms with van der Waals surface area (Å²) < 4.78 is 8.48. The molecule has 1 nitrogen and oxygen atoms in total. The third-order valence-corrected chi connectivity index (χ3v) is 4.80. The maximum Gasteiger partial charge on any atom is 0.134 e. The summed E-state index contributed by atoms with van der Waals surface area (Å²) >= 11 is 10.3. The first-order chi connectivity index (χ1) is 6.16. The molecule has 0 amide bonds. The molecule has 0 unspecified atom stereocenters. The number of hydrogen-bond donors (Lipinski definition) is 0. The molecule has 0 spiro atoms. The lowest BCUT2D eigenvalue weighted by Gasteiger charge is -2.08. The van der Waals surface area contributed by atoms with Crippen LogP contribution in [0.3, 0.4) is 0 Å². The van der Waals surface area contributed by atoms with E-state index in [-0.39, 0.29) is 0 Å². The number of benzene rings is 1. The van der Waals surface area contributed by atoms with E-state index in [1.165, 1.54) is 0 Å². The Kier molecular flexibility index (Phi) is 4.76. The summed E-state index contributed by atoms with van der Waals surface area (Å²) in [5, 5.41) is 0. The molecular formula is C9H9Br3O. The monoisotopic (exact) mass is 370 g/mol. The molecule has 0 fully saturated rings. The Morgan fingerprint density at radius 1 is 1.15 bits per heavy atom. The molecule has 1 rings (SSSR count). The Labute approximate surface area is 103 Å². The van der Waals surface area contributed by atoms with E-state index in [4.69, 9.17) is 4.74 Å². The van der Waals surface area contributed by atoms with E-state index < -0.39 is 0 Å². The summed E-state index contributed by atoms with van der Waals surface area (Å²) in [7, 11) is 0. The van der Waals surface area contributed by atoms with E-state index >= 15 is 0 Å². The zero-order valence-electron chi connectivity index (χ0n) is 7.11. The van der Waals surface area contributed by atoms with Gasteiger partial charge in [0.2, 0.25) is 0 Å². The standard InChI is InChI=1S/C9H9Br3O/c1-2-5-13-7-4-3-6(10)8(11)9(7)12/h3-4H,2,5H2,1H3. The summed E-state index contributed by atoms with van der Waals surface area (Å²) in [5.74, 6) is 0.872. The number of halogens is 3. The molecule has 0 heterocycles. The lowest BCUT2D eigenvalue weighted by Crippen LogP contribution is -1.95. The summed E-state index contributed by atoms with van der Waals surface area (Å²) in [6.45, 7) is 2.83. The lowest BCUT2D eigenvalue weighted by atomic mass is 10.3. The zero-order valence-corrected chi connectivity index (χ0v) is 11.9. The minimum Gasteiger partial charge on any atom is -0.492 e. The van der Waals surface area contributed by atoms with Crippen LogP contribution < -0.4 is 4.74 Å². The van der Waals surface area contributed by atoms with Gasteiger partial charge in [-0.15, -0.1) is 0 Å². The molecule has 72 valence electrons. The van der Waals surface area contributed by atoms with Crippen LogP contribution in [0.2, 0.25) is 0 Å². The van der Waals surface area contributed by atoms with Crippen LogP contribution in [-0.2, 0) is 0 Å². The first kappa shape index (κ1) is 11.5. The van der Waals surface area contributed by atoms with Gasteiger partial charge in [-0.3, -0.25) is 0 Å². The fourth-order valence-electron chi connectivity index (χ4n) is 0.832. The van der Waals surface area contributed by atoms with E-state index in [9.17, 15) is 0 Å². The van der Waals surface area contributed by atoms with Crippen molar-refractivity contribution in [3.05, 3.63) is 25.6 Å². The third-order valence-electron chi connectivity index (χ3n) is 1.46. The van der Waals surface area contributed by atoms with Crippen molar-refractivity contribution in [2.75, 3.05) is 6.61 Å². The van der Waals surface area contributed by atoms with Gasteiger partial charge in [0.05, 0.1) is 11.1 Å². The molecule has 1 aromatic rings. The largest absolute Gasteiger partial charge is 0.492 e. The summed E-state index contributed by atoms with van der Waals surface area (Å²) in [4.78, 5) is 0. The van der Waals surface area contributed by atoms with Crippen LogP contribution in [0.1, 0.15) is 13.3 Å². The van der Waals surface area contributed by atoms with Crippen molar-refractivity contribution < 1.29 is 4.74 Å². The highest BCUT2D eigenvalue weighted by molar-refractivity contribution is 9.14. The smallest absolute Gasteiger partial charge is 0.134 e. The van der Waals surface area contributed by atoms with Crippen LogP contribution in [0, 0.1) is 0 Å². The van der Waals surface area contributed by atoms with Crippen molar-refractivity contribution in [2.24, 2.45) is 0 Å². The predicted octanol–water partition coefficient (Wildman–Crippen LogP) is 4.76. The Morgan fingerprint density at radius 3 is 2.46 bits per heavy atom. The number of ether oxygens (including phenoxy) is 1. The summed E-state index contributed by atoms with van der Waals surface area (Å²) in [6, 6.07) is 3.90. The fraction of sp³-hybridized carbons (Fsp3) is 0.333. The molecule has 0 bridgehead atoms. The normalized spacial score (nSPS) is 10.2. The summed E-state index contributed by atoms with van der Waals surface area (Å²) in [5.41, 5.74) is 0. The van der Waals surface area contributed by atoms with Crippen molar-refractivity contribution in [1.82, 2.24) is 0 Å². The van der Waals surface area contributed by atoms with Gasteiger partial charge in [0.15, 0.2) is 0 Å². The van der Waals surface area contributed by atoms with Crippen molar-refractivity contribution in [1.29, 1.82) is 0 Å².